The minimum Gasteiger partial charge on any atom is -0.492 e. The van der Waals surface area contributed by atoms with E-state index < -0.39 is 6.17 Å². The maximum atomic E-state index is 13.3. The number of amides is 1. The van der Waals surface area contributed by atoms with Crippen molar-refractivity contribution in [2.24, 2.45) is 0 Å². The monoisotopic (exact) mass is 378 g/mol. The van der Waals surface area contributed by atoms with Gasteiger partial charge in [-0.3, -0.25) is 4.79 Å². The van der Waals surface area contributed by atoms with Crippen LogP contribution in [0.4, 0.5) is 5.69 Å². The maximum absolute atomic E-state index is 13.3. The topological polar surface area (TPSA) is 63.9 Å². The molecule has 1 amide bonds. The second-order valence-corrected chi connectivity index (χ2v) is 6.42. The molecule has 144 valence electrons. The van der Waals surface area contributed by atoms with Gasteiger partial charge in [0, 0.05) is 11.3 Å². The molecule has 2 aromatic carbocycles. The largest absolute Gasteiger partial charge is 0.492 e. The molecular weight excluding hydrogens is 356 g/mol. The fourth-order valence-corrected chi connectivity index (χ4v) is 3.51. The van der Waals surface area contributed by atoms with E-state index in [0.29, 0.717) is 36.0 Å². The van der Waals surface area contributed by atoms with Crippen molar-refractivity contribution in [3.8, 4) is 11.5 Å². The number of nitrogens with zero attached hydrogens (tertiary/aromatic N) is 1. The summed E-state index contributed by atoms with van der Waals surface area (Å²) in [6.45, 7) is 2.78. The molecule has 0 aliphatic carbocycles. The Labute approximate surface area is 163 Å². The van der Waals surface area contributed by atoms with Crippen LogP contribution in [0.3, 0.4) is 0 Å². The van der Waals surface area contributed by atoms with Crippen LogP contribution in [0.5, 0.6) is 11.5 Å². The standard InChI is InChI=1S/C22H22N2O4/c1-3-27-19-12-6-10-17(20(19)26-2)21-23-18-11-5-4-9-16(18)22(25)24(21)14-15-8-7-13-28-15/h4-13,21,23H,3,14H2,1-2H3. The van der Waals surface area contributed by atoms with Crippen molar-refractivity contribution < 1.29 is 18.7 Å². The van der Waals surface area contributed by atoms with E-state index in [0.717, 1.165) is 11.3 Å². The first-order valence-electron chi connectivity index (χ1n) is 9.21. The van der Waals surface area contributed by atoms with E-state index in [9.17, 15) is 4.79 Å². The summed E-state index contributed by atoms with van der Waals surface area (Å²) >= 11 is 0. The molecule has 0 bridgehead atoms. The van der Waals surface area contributed by atoms with Crippen molar-refractivity contribution in [1.29, 1.82) is 0 Å². The number of rotatable bonds is 6. The third-order valence-electron chi connectivity index (χ3n) is 4.74. The first kappa shape index (κ1) is 18.0. The van der Waals surface area contributed by atoms with Crippen LogP contribution in [0.2, 0.25) is 0 Å². The van der Waals surface area contributed by atoms with Gasteiger partial charge in [0.1, 0.15) is 11.9 Å². The Hall–Kier alpha value is -3.41. The Morgan fingerprint density at radius 2 is 1.96 bits per heavy atom. The second kappa shape index (κ2) is 7.68. The molecule has 0 spiro atoms. The number of carbonyl (C=O) groups excluding carboxylic acids is 1. The molecule has 1 aliphatic rings. The van der Waals surface area contributed by atoms with Crippen molar-refractivity contribution in [2.75, 3.05) is 19.0 Å². The van der Waals surface area contributed by atoms with Crippen LogP contribution in [0.1, 0.15) is 34.8 Å². The van der Waals surface area contributed by atoms with Crippen LogP contribution in [0.25, 0.3) is 0 Å². The first-order chi connectivity index (χ1) is 13.7. The minimum absolute atomic E-state index is 0.0698. The summed E-state index contributed by atoms with van der Waals surface area (Å²) in [5.74, 6) is 1.89. The van der Waals surface area contributed by atoms with Gasteiger partial charge in [-0.25, -0.2) is 0 Å². The number of anilines is 1. The molecule has 0 radical (unpaired) electrons. The number of furan rings is 1. The Morgan fingerprint density at radius 3 is 2.71 bits per heavy atom. The molecule has 2 heterocycles. The van der Waals surface area contributed by atoms with Crippen molar-refractivity contribution >= 4 is 11.6 Å². The lowest BCUT2D eigenvalue weighted by Crippen LogP contribution is -2.42. The number of nitrogens with one attached hydrogen (secondary N) is 1. The molecule has 3 aromatic rings. The Balaban J connectivity index is 1.81. The molecule has 6 heteroatoms. The molecule has 6 nitrogen and oxygen atoms in total. The van der Waals surface area contributed by atoms with Gasteiger partial charge in [-0.1, -0.05) is 24.3 Å². The highest BCUT2D eigenvalue weighted by atomic mass is 16.5. The third-order valence-corrected chi connectivity index (χ3v) is 4.74. The van der Waals surface area contributed by atoms with E-state index >= 15 is 0 Å². The molecule has 1 N–H and O–H groups in total. The summed E-state index contributed by atoms with van der Waals surface area (Å²) in [6, 6.07) is 16.9. The van der Waals surface area contributed by atoms with Crippen LogP contribution in [-0.4, -0.2) is 24.5 Å². The Morgan fingerprint density at radius 1 is 1.11 bits per heavy atom. The summed E-state index contributed by atoms with van der Waals surface area (Å²) in [7, 11) is 1.61. The fourth-order valence-electron chi connectivity index (χ4n) is 3.51. The van der Waals surface area contributed by atoms with Crippen molar-refractivity contribution in [2.45, 2.75) is 19.6 Å². The fraction of sp³-hybridized carbons (Fsp3) is 0.227. The van der Waals surface area contributed by atoms with Crippen LogP contribution >= 0.6 is 0 Å². The average Bonchev–Trinajstić information content (AvgIpc) is 3.23. The molecule has 0 saturated heterocycles. The van der Waals surface area contributed by atoms with Gasteiger partial charge in [-0.05, 0) is 37.3 Å². The number of fused-ring (bicyclic) bond motifs is 1. The zero-order chi connectivity index (χ0) is 19.5. The van der Waals surface area contributed by atoms with E-state index in [4.69, 9.17) is 13.9 Å². The average molecular weight is 378 g/mol. The predicted octanol–water partition coefficient (Wildman–Crippen LogP) is 4.45. The van der Waals surface area contributed by atoms with Gasteiger partial charge in [0.2, 0.25) is 0 Å². The molecular formula is C22H22N2O4. The lowest BCUT2D eigenvalue weighted by Gasteiger charge is -2.38. The highest BCUT2D eigenvalue weighted by Crippen LogP contribution is 2.41. The van der Waals surface area contributed by atoms with Gasteiger partial charge >= 0.3 is 0 Å². The zero-order valence-corrected chi connectivity index (χ0v) is 15.8. The quantitative estimate of drug-likeness (QED) is 0.686. The zero-order valence-electron chi connectivity index (χ0n) is 15.8. The van der Waals surface area contributed by atoms with E-state index in [-0.39, 0.29) is 5.91 Å². The Bertz CT molecular complexity index is 968. The maximum Gasteiger partial charge on any atom is 0.258 e. The lowest BCUT2D eigenvalue weighted by molar-refractivity contribution is 0.0649. The summed E-state index contributed by atoms with van der Waals surface area (Å²) in [5.41, 5.74) is 2.24. The SMILES string of the molecule is CCOc1cccc(C2Nc3ccccc3C(=O)N2Cc2ccco2)c1OC. The van der Waals surface area contributed by atoms with Crippen LogP contribution in [0, 0.1) is 0 Å². The number of carbonyl (C=O) groups is 1. The van der Waals surface area contributed by atoms with Gasteiger partial charge in [0.25, 0.3) is 5.91 Å². The lowest BCUT2D eigenvalue weighted by atomic mass is 10.0. The number of hydrogen-bond donors (Lipinski definition) is 1. The Kier molecular flexibility index (Phi) is 4.93. The van der Waals surface area contributed by atoms with E-state index in [1.165, 1.54) is 0 Å². The van der Waals surface area contributed by atoms with Crippen molar-refractivity contribution in [1.82, 2.24) is 4.90 Å². The molecule has 1 atom stereocenters. The third kappa shape index (κ3) is 3.17. The van der Waals surface area contributed by atoms with Gasteiger partial charge in [0.15, 0.2) is 11.5 Å². The highest BCUT2D eigenvalue weighted by molar-refractivity contribution is 6.01. The van der Waals surface area contributed by atoms with Gasteiger partial charge in [-0.15, -0.1) is 0 Å². The smallest absolute Gasteiger partial charge is 0.258 e. The molecule has 28 heavy (non-hydrogen) atoms. The van der Waals surface area contributed by atoms with Crippen LogP contribution < -0.4 is 14.8 Å². The minimum atomic E-state index is -0.428. The van der Waals surface area contributed by atoms with Crippen LogP contribution in [0.15, 0.2) is 65.3 Å². The van der Waals surface area contributed by atoms with Crippen molar-refractivity contribution in [3.05, 3.63) is 77.7 Å². The van der Waals surface area contributed by atoms with Gasteiger partial charge in [-0.2, -0.15) is 0 Å². The summed E-state index contributed by atoms with van der Waals surface area (Å²) < 4.78 is 16.9. The van der Waals surface area contributed by atoms with E-state index in [1.54, 1.807) is 18.3 Å². The molecule has 1 unspecified atom stereocenters. The van der Waals surface area contributed by atoms with Gasteiger partial charge < -0.3 is 24.1 Å². The normalized spacial score (nSPS) is 15.7. The number of methoxy groups -OCH3 is 1. The number of ether oxygens (including phenoxy) is 2. The molecule has 0 fully saturated rings. The summed E-state index contributed by atoms with van der Waals surface area (Å²) in [4.78, 5) is 15.1. The second-order valence-electron chi connectivity index (χ2n) is 6.42. The number of benzene rings is 2. The molecule has 4 rings (SSSR count). The first-order valence-corrected chi connectivity index (χ1v) is 9.21. The highest BCUT2D eigenvalue weighted by Gasteiger charge is 2.35. The molecule has 1 aromatic heterocycles. The van der Waals surface area contributed by atoms with Crippen LogP contribution in [-0.2, 0) is 6.54 Å². The number of hydrogen-bond acceptors (Lipinski definition) is 5. The van der Waals surface area contributed by atoms with E-state index in [2.05, 4.69) is 5.32 Å². The molecule has 0 saturated carbocycles. The predicted molar refractivity (Wildman–Crippen MR) is 106 cm³/mol. The van der Waals surface area contributed by atoms with E-state index in [1.807, 2.05) is 61.5 Å². The summed E-state index contributed by atoms with van der Waals surface area (Å²) in [5, 5.41) is 3.48. The number of para-hydroxylation sites is 2. The van der Waals surface area contributed by atoms with Gasteiger partial charge in [0.05, 0.1) is 32.1 Å². The van der Waals surface area contributed by atoms with Crippen molar-refractivity contribution in [3.63, 3.8) is 0 Å². The summed E-state index contributed by atoms with van der Waals surface area (Å²) in [6.07, 6.45) is 1.18. The molecule has 1 aliphatic heterocycles.